The average molecular weight is 396 g/mol. The van der Waals surface area contributed by atoms with Crippen molar-refractivity contribution in [3.05, 3.63) is 71.3 Å². The molecule has 0 atom stereocenters. The highest BCUT2D eigenvalue weighted by Crippen LogP contribution is 2.50. The maximum Gasteiger partial charge on any atom is 0.329 e. The summed E-state index contributed by atoms with van der Waals surface area (Å²) in [5, 5.41) is 4.76. The molecule has 1 spiro atoms. The number of nitrogens with zero attached hydrogens (tertiary/aromatic N) is 2. The summed E-state index contributed by atoms with van der Waals surface area (Å²) in [6.07, 6.45) is 3.83. The van der Waals surface area contributed by atoms with E-state index in [1.165, 1.54) is 12.3 Å². The first-order valence-corrected chi connectivity index (χ1v) is 9.31. The first-order chi connectivity index (χ1) is 13.5. The van der Waals surface area contributed by atoms with Gasteiger partial charge in [0.2, 0.25) is 0 Å². The molecule has 1 aliphatic heterocycles. The normalized spacial score (nSPS) is 23.9. The monoisotopic (exact) mass is 395 g/mol. The third-order valence-electron chi connectivity index (χ3n) is 5.65. The second-order valence-electron chi connectivity index (χ2n) is 7.27. The minimum absolute atomic E-state index is 0.219. The molecule has 1 saturated carbocycles. The third kappa shape index (κ3) is 2.34. The number of aromatic nitrogens is 1. The van der Waals surface area contributed by atoms with Gasteiger partial charge in [-0.15, -0.1) is 0 Å². The smallest absolute Gasteiger partial charge is 0.323 e. The first-order valence-electron chi connectivity index (χ1n) is 8.93. The number of pyridine rings is 1. The molecule has 1 saturated heterocycles. The Kier molecular flexibility index (Phi) is 3.67. The van der Waals surface area contributed by atoms with E-state index in [-0.39, 0.29) is 17.6 Å². The largest absolute Gasteiger partial charge is 0.329 e. The topological polar surface area (TPSA) is 62.3 Å². The fourth-order valence-corrected chi connectivity index (χ4v) is 4.60. The number of hydrogen-bond acceptors (Lipinski definition) is 3. The Morgan fingerprint density at radius 1 is 1.11 bits per heavy atom. The van der Waals surface area contributed by atoms with E-state index < -0.39 is 11.6 Å². The summed E-state index contributed by atoms with van der Waals surface area (Å²) in [4.78, 5) is 31.2. The number of rotatable bonds is 2. The van der Waals surface area contributed by atoms with Gasteiger partial charge in [0.15, 0.2) is 0 Å². The van der Waals surface area contributed by atoms with Gasteiger partial charge in [-0.3, -0.25) is 9.78 Å². The van der Waals surface area contributed by atoms with Gasteiger partial charge in [0.05, 0.1) is 11.9 Å². The van der Waals surface area contributed by atoms with Gasteiger partial charge in [-0.2, -0.15) is 0 Å². The lowest BCUT2D eigenvalue weighted by atomic mass is 9.65. The molecule has 0 bridgehead atoms. The van der Waals surface area contributed by atoms with Crippen molar-refractivity contribution in [1.82, 2.24) is 10.3 Å². The molecule has 1 aromatic heterocycles. The van der Waals surface area contributed by atoms with Gasteiger partial charge < -0.3 is 5.32 Å². The summed E-state index contributed by atoms with van der Waals surface area (Å²) in [6, 6.07) is 11.5. The molecule has 0 unspecified atom stereocenters. The van der Waals surface area contributed by atoms with Gasteiger partial charge in [-0.1, -0.05) is 41.9 Å². The molecule has 2 fully saturated rings. The van der Waals surface area contributed by atoms with E-state index in [9.17, 15) is 14.0 Å². The van der Waals surface area contributed by atoms with Crippen LogP contribution in [0.1, 0.15) is 24.3 Å². The van der Waals surface area contributed by atoms with E-state index in [0.29, 0.717) is 29.1 Å². The molecule has 7 heteroatoms. The number of halogens is 2. The van der Waals surface area contributed by atoms with Crippen LogP contribution in [0.2, 0.25) is 5.02 Å². The summed E-state index contributed by atoms with van der Waals surface area (Å²) >= 11 is 6.16. The Hall–Kier alpha value is -2.99. The van der Waals surface area contributed by atoms with Gasteiger partial charge in [-0.25, -0.2) is 14.1 Å². The summed E-state index contributed by atoms with van der Waals surface area (Å²) in [5.41, 5.74) is -0.170. The van der Waals surface area contributed by atoms with Gasteiger partial charge in [0.1, 0.15) is 11.4 Å². The molecule has 3 aromatic rings. The Labute approximate surface area is 165 Å². The summed E-state index contributed by atoms with van der Waals surface area (Å²) < 4.78 is 14.2. The summed E-state index contributed by atoms with van der Waals surface area (Å²) in [5.74, 6) is -0.942. The highest BCUT2D eigenvalue weighted by atomic mass is 35.5. The minimum Gasteiger partial charge on any atom is -0.323 e. The Morgan fingerprint density at radius 3 is 2.68 bits per heavy atom. The molecule has 2 aromatic carbocycles. The van der Waals surface area contributed by atoms with Crippen molar-refractivity contribution in [2.24, 2.45) is 0 Å². The number of anilines is 1. The highest BCUT2D eigenvalue weighted by Gasteiger charge is 2.60. The molecule has 5 nitrogen and oxygen atoms in total. The van der Waals surface area contributed by atoms with Crippen LogP contribution in [0.5, 0.6) is 0 Å². The van der Waals surface area contributed by atoms with Gasteiger partial charge in [0, 0.05) is 27.6 Å². The fraction of sp³-hybridized carbons (Fsp3) is 0.190. The van der Waals surface area contributed by atoms with E-state index >= 15 is 0 Å². The zero-order valence-electron chi connectivity index (χ0n) is 14.7. The second-order valence-corrected chi connectivity index (χ2v) is 7.68. The van der Waals surface area contributed by atoms with Crippen LogP contribution in [0.4, 0.5) is 14.9 Å². The van der Waals surface area contributed by atoms with Crippen molar-refractivity contribution in [3.8, 4) is 0 Å². The molecule has 0 radical (unpaired) electrons. The zero-order chi connectivity index (χ0) is 19.5. The lowest BCUT2D eigenvalue weighted by Crippen LogP contribution is -2.56. The zero-order valence-corrected chi connectivity index (χ0v) is 15.4. The SMILES string of the molecule is O=C1NC2(CC(c3c(F)cccc3Cl)C2)C(=O)N1c1cncc2ccccc12. The van der Waals surface area contributed by atoms with E-state index in [2.05, 4.69) is 10.3 Å². The maximum atomic E-state index is 14.2. The van der Waals surface area contributed by atoms with Crippen LogP contribution < -0.4 is 10.2 Å². The van der Waals surface area contributed by atoms with Gasteiger partial charge in [0.25, 0.3) is 5.91 Å². The van der Waals surface area contributed by atoms with Crippen molar-refractivity contribution in [2.45, 2.75) is 24.3 Å². The summed E-state index contributed by atoms with van der Waals surface area (Å²) in [6.45, 7) is 0. The number of amides is 3. The van der Waals surface area contributed by atoms with Crippen LogP contribution in [0.25, 0.3) is 10.8 Å². The molecule has 1 aliphatic carbocycles. The molecular formula is C21H15ClFN3O2. The third-order valence-corrected chi connectivity index (χ3v) is 5.98. The predicted molar refractivity (Wildman–Crippen MR) is 104 cm³/mol. The molecule has 2 heterocycles. The van der Waals surface area contributed by atoms with Crippen LogP contribution in [0.15, 0.2) is 54.9 Å². The van der Waals surface area contributed by atoms with Crippen molar-refractivity contribution in [1.29, 1.82) is 0 Å². The number of nitrogens with one attached hydrogen (secondary N) is 1. The highest BCUT2D eigenvalue weighted by molar-refractivity contribution is 6.31. The van der Waals surface area contributed by atoms with Gasteiger partial charge >= 0.3 is 6.03 Å². The number of urea groups is 1. The van der Waals surface area contributed by atoms with Crippen molar-refractivity contribution < 1.29 is 14.0 Å². The van der Waals surface area contributed by atoms with Crippen LogP contribution in [0, 0.1) is 5.82 Å². The quantitative estimate of drug-likeness (QED) is 0.654. The first kappa shape index (κ1) is 17.1. The van der Waals surface area contributed by atoms with E-state index in [0.717, 1.165) is 15.7 Å². The maximum absolute atomic E-state index is 14.2. The molecule has 2 aliphatic rings. The average Bonchev–Trinajstić information content (AvgIpc) is 2.91. The van der Waals surface area contributed by atoms with Crippen molar-refractivity contribution in [3.63, 3.8) is 0 Å². The Morgan fingerprint density at radius 2 is 1.89 bits per heavy atom. The lowest BCUT2D eigenvalue weighted by Gasteiger charge is -2.43. The predicted octanol–water partition coefficient (Wildman–Crippen LogP) is 4.40. The Bertz CT molecular complexity index is 1120. The standard InChI is InChI=1S/C21H15ClFN3O2/c22-15-6-3-7-16(23)18(15)13-8-21(9-13)19(27)26(20(28)25-21)17-11-24-10-12-4-1-2-5-14(12)17/h1-7,10-11,13H,8-9H2,(H,25,28). The molecule has 140 valence electrons. The second kappa shape index (κ2) is 6.01. The molecule has 5 rings (SSSR count). The molecule has 3 amide bonds. The van der Waals surface area contributed by atoms with Gasteiger partial charge in [-0.05, 0) is 30.9 Å². The fourth-order valence-electron chi connectivity index (χ4n) is 4.28. The van der Waals surface area contributed by atoms with E-state index in [1.807, 2.05) is 24.3 Å². The number of fused-ring (bicyclic) bond motifs is 1. The van der Waals surface area contributed by atoms with Crippen LogP contribution in [-0.4, -0.2) is 22.5 Å². The van der Waals surface area contributed by atoms with Crippen molar-refractivity contribution >= 4 is 40.0 Å². The van der Waals surface area contributed by atoms with Crippen molar-refractivity contribution in [2.75, 3.05) is 4.90 Å². The van der Waals surface area contributed by atoms with Crippen LogP contribution >= 0.6 is 11.6 Å². The molecular weight excluding hydrogens is 381 g/mol. The number of benzene rings is 2. The molecule has 28 heavy (non-hydrogen) atoms. The summed E-state index contributed by atoms with van der Waals surface area (Å²) in [7, 11) is 0. The number of hydrogen-bond donors (Lipinski definition) is 1. The number of carbonyl (C=O) groups excluding carboxylic acids is 2. The number of imide groups is 1. The Balaban J connectivity index is 1.48. The molecule has 1 N–H and O–H groups in total. The number of carbonyl (C=O) groups is 2. The minimum atomic E-state index is -1.02. The van der Waals surface area contributed by atoms with E-state index in [1.54, 1.807) is 18.3 Å². The lowest BCUT2D eigenvalue weighted by molar-refractivity contribution is -0.125. The van der Waals surface area contributed by atoms with Crippen LogP contribution in [0.3, 0.4) is 0 Å². The van der Waals surface area contributed by atoms with Crippen LogP contribution in [-0.2, 0) is 4.79 Å². The van der Waals surface area contributed by atoms with E-state index in [4.69, 9.17) is 11.6 Å².